The number of phenols is 1. The number of para-hydroxylation sites is 1. The molecule has 156 valence electrons. The first-order valence-electron chi connectivity index (χ1n) is 10.6. The number of aromatic hydroxyl groups is 1. The summed E-state index contributed by atoms with van der Waals surface area (Å²) in [6.45, 7) is 11.5. The zero-order valence-electron chi connectivity index (χ0n) is 18.0. The van der Waals surface area contributed by atoms with Crippen molar-refractivity contribution in [3.8, 4) is 5.75 Å². The molecule has 0 radical (unpaired) electrons. The number of phenolic OH excluding ortho intramolecular Hbond substituents is 1. The van der Waals surface area contributed by atoms with Crippen LogP contribution in [0.5, 0.6) is 5.75 Å². The minimum Gasteiger partial charge on any atom is -0.506 e. The van der Waals surface area contributed by atoms with E-state index in [0.717, 1.165) is 35.5 Å². The van der Waals surface area contributed by atoms with Crippen molar-refractivity contribution in [1.82, 2.24) is 10.2 Å². The molecule has 1 heterocycles. The summed E-state index contributed by atoms with van der Waals surface area (Å²) in [4.78, 5) is 16.7. The lowest BCUT2D eigenvalue weighted by atomic mass is 9.99. The molecule has 29 heavy (non-hydrogen) atoms. The van der Waals surface area contributed by atoms with Crippen molar-refractivity contribution >= 4 is 11.6 Å². The highest BCUT2D eigenvalue weighted by molar-refractivity contribution is 5.94. The van der Waals surface area contributed by atoms with Crippen molar-refractivity contribution in [2.75, 3.05) is 31.1 Å². The lowest BCUT2D eigenvalue weighted by molar-refractivity contribution is 0.0773. The SMILES string of the molecule is CCN(CC)C(=O)c1ccc(Cc2cccc(O)c2N2C[C@@H](C)NC[C@@H]2C)cc1. The number of benzene rings is 2. The highest BCUT2D eigenvalue weighted by Crippen LogP contribution is 2.35. The second kappa shape index (κ2) is 9.31. The van der Waals surface area contributed by atoms with Gasteiger partial charge < -0.3 is 20.2 Å². The Bertz CT molecular complexity index is 831. The number of carbonyl (C=O) groups is 1. The van der Waals surface area contributed by atoms with Gasteiger partial charge in [-0.3, -0.25) is 4.79 Å². The van der Waals surface area contributed by atoms with Crippen LogP contribution in [0.25, 0.3) is 0 Å². The number of hydrogen-bond acceptors (Lipinski definition) is 4. The van der Waals surface area contributed by atoms with Gasteiger partial charge in [-0.25, -0.2) is 0 Å². The van der Waals surface area contributed by atoms with Gasteiger partial charge in [0.05, 0.1) is 5.69 Å². The topological polar surface area (TPSA) is 55.8 Å². The Morgan fingerprint density at radius 3 is 2.48 bits per heavy atom. The molecule has 3 rings (SSSR count). The minimum atomic E-state index is 0.0724. The van der Waals surface area contributed by atoms with Crippen LogP contribution in [0.2, 0.25) is 0 Å². The Hall–Kier alpha value is -2.53. The van der Waals surface area contributed by atoms with Gasteiger partial charge in [0.15, 0.2) is 0 Å². The Morgan fingerprint density at radius 1 is 1.14 bits per heavy atom. The van der Waals surface area contributed by atoms with E-state index in [1.165, 1.54) is 0 Å². The van der Waals surface area contributed by atoms with E-state index in [9.17, 15) is 9.90 Å². The zero-order valence-corrected chi connectivity index (χ0v) is 18.0. The molecular formula is C24H33N3O2. The number of hydrogen-bond donors (Lipinski definition) is 2. The zero-order chi connectivity index (χ0) is 21.0. The number of amides is 1. The molecule has 5 nitrogen and oxygen atoms in total. The molecule has 0 aliphatic carbocycles. The van der Waals surface area contributed by atoms with Crippen LogP contribution in [0.1, 0.15) is 49.2 Å². The summed E-state index contributed by atoms with van der Waals surface area (Å²) in [6.07, 6.45) is 0.717. The second-order valence-corrected chi connectivity index (χ2v) is 7.95. The highest BCUT2D eigenvalue weighted by atomic mass is 16.3. The number of piperazine rings is 1. The van der Waals surface area contributed by atoms with E-state index in [2.05, 4.69) is 30.1 Å². The van der Waals surface area contributed by atoms with Crippen LogP contribution in [0.3, 0.4) is 0 Å². The molecule has 2 N–H and O–H groups in total. The minimum absolute atomic E-state index is 0.0724. The molecule has 0 aromatic heterocycles. The molecule has 5 heteroatoms. The molecule has 0 spiro atoms. The van der Waals surface area contributed by atoms with Gasteiger partial charge in [-0.15, -0.1) is 0 Å². The lowest BCUT2D eigenvalue weighted by Crippen LogP contribution is -2.54. The number of nitrogens with one attached hydrogen (secondary N) is 1. The van der Waals surface area contributed by atoms with E-state index in [-0.39, 0.29) is 5.91 Å². The second-order valence-electron chi connectivity index (χ2n) is 7.95. The van der Waals surface area contributed by atoms with E-state index in [1.807, 2.05) is 49.1 Å². The lowest BCUT2D eigenvalue weighted by Gasteiger charge is -2.40. The van der Waals surface area contributed by atoms with Crippen molar-refractivity contribution in [3.63, 3.8) is 0 Å². The Balaban J connectivity index is 1.84. The maximum absolute atomic E-state index is 12.5. The van der Waals surface area contributed by atoms with Gasteiger partial charge in [0.2, 0.25) is 0 Å². The van der Waals surface area contributed by atoms with Crippen LogP contribution >= 0.6 is 0 Å². The van der Waals surface area contributed by atoms with Gasteiger partial charge in [0, 0.05) is 43.8 Å². The third kappa shape index (κ3) is 4.73. The van der Waals surface area contributed by atoms with Crippen LogP contribution in [0, 0.1) is 0 Å². The summed E-state index contributed by atoms with van der Waals surface area (Å²) in [5.74, 6) is 0.403. The third-order valence-electron chi connectivity index (χ3n) is 5.80. The first-order chi connectivity index (χ1) is 13.9. The van der Waals surface area contributed by atoms with Crippen molar-refractivity contribution < 1.29 is 9.90 Å². The monoisotopic (exact) mass is 395 g/mol. The fourth-order valence-corrected chi connectivity index (χ4v) is 4.06. The summed E-state index contributed by atoms with van der Waals surface area (Å²) in [7, 11) is 0. The van der Waals surface area contributed by atoms with E-state index in [0.29, 0.717) is 37.3 Å². The Labute approximate surface area is 174 Å². The molecule has 2 aromatic carbocycles. The molecule has 2 aromatic rings. The molecular weight excluding hydrogens is 362 g/mol. The number of rotatable bonds is 6. The fraction of sp³-hybridized carbons (Fsp3) is 0.458. The maximum atomic E-state index is 12.5. The molecule has 1 fully saturated rings. The molecule has 1 amide bonds. The van der Waals surface area contributed by atoms with Crippen molar-refractivity contribution in [1.29, 1.82) is 0 Å². The summed E-state index contributed by atoms with van der Waals surface area (Å²) in [5, 5.41) is 14.1. The van der Waals surface area contributed by atoms with E-state index >= 15 is 0 Å². The van der Waals surface area contributed by atoms with E-state index < -0.39 is 0 Å². The third-order valence-corrected chi connectivity index (χ3v) is 5.80. The van der Waals surface area contributed by atoms with Gasteiger partial charge in [0.25, 0.3) is 5.91 Å². The van der Waals surface area contributed by atoms with Crippen LogP contribution in [-0.2, 0) is 6.42 Å². The maximum Gasteiger partial charge on any atom is 0.253 e. The molecule has 0 saturated carbocycles. The Kier molecular flexibility index (Phi) is 6.80. The normalized spacial score (nSPS) is 19.2. The van der Waals surface area contributed by atoms with Gasteiger partial charge >= 0.3 is 0 Å². The first kappa shape index (κ1) is 21.2. The molecule has 1 aliphatic heterocycles. The van der Waals surface area contributed by atoms with Crippen molar-refractivity contribution in [2.24, 2.45) is 0 Å². The average molecular weight is 396 g/mol. The summed E-state index contributed by atoms with van der Waals surface area (Å²) in [6, 6.07) is 14.3. The smallest absolute Gasteiger partial charge is 0.253 e. The predicted octanol–water partition coefficient (Wildman–Crippen LogP) is 3.65. The summed E-state index contributed by atoms with van der Waals surface area (Å²) >= 11 is 0. The van der Waals surface area contributed by atoms with Crippen LogP contribution < -0.4 is 10.2 Å². The molecule has 0 unspecified atom stereocenters. The Morgan fingerprint density at radius 2 is 1.83 bits per heavy atom. The van der Waals surface area contributed by atoms with Crippen LogP contribution in [-0.4, -0.2) is 54.2 Å². The van der Waals surface area contributed by atoms with Gasteiger partial charge in [0.1, 0.15) is 5.75 Å². The highest BCUT2D eigenvalue weighted by Gasteiger charge is 2.26. The van der Waals surface area contributed by atoms with Crippen molar-refractivity contribution in [3.05, 3.63) is 59.2 Å². The molecule has 1 saturated heterocycles. The van der Waals surface area contributed by atoms with Crippen molar-refractivity contribution in [2.45, 2.75) is 46.2 Å². The standard InChI is InChI=1S/C24H33N3O2/c1-5-26(6-2)24(29)20-12-10-19(11-13-20)14-21-8-7-9-22(28)23(21)27-16-17(3)25-15-18(27)4/h7-13,17-18,25,28H,5-6,14-16H2,1-4H3/t17-,18+/m1/s1. The fourth-order valence-electron chi connectivity index (χ4n) is 4.06. The first-order valence-corrected chi connectivity index (χ1v) is 10.6. The number of anilines is 1. The van der Waals surface area contributed by atoms with Gasteiger partial charge in [-0.2, -0.15) is 0 Å². The number of carbonyl (C=O) groups excluding carboxylic acids is 1. The van der Waals surface area contributed by atoms with E-state index in [4.69, 9.17) is 0 Å². The largest absolute Gasteiger partial charge is 0.506 e. The van der Waals surface area contributed by atoms with Gasteiger partial charge in [-0.05, 0) is 63.4 Å². The van der Waals surface area contributed by atoms with Crippen LogP contribution in [0.15, 0.2) is 42.5 Å². The molecule has 0 bridgehead atoms. The summed E-state index contributed by atoms with van der Waals surface area (Å²) < 4.78 is 0. The van der Waals surface area contributed by atoms with E-state index in [1.54, 1.807) is 6.07 Å². The number of nitrogens with zero attached hydrogens (tertiary/aromatic N) is 2. The molecule has 2 atom stereocenters. The van der Waals surface area contributed by atoms with Gasteiger partial charge in [-0.1, -0.05) is 24.3 Å². The van der Waals surface area contributed by atoms with Crippen LogP contribution in [0.4, 0.5) is 5.69 Å². The average Bonchev–Trinajstić information content (AvgIpc) is 2.72. The molecule has 1 aliphatic rings. The quantitative estimate of drug-likeness (QED) is 0.784. The summed E-state index contributed by atoms with van der Waals surface area (Å²) in [5.41, 5.74) is 3.88. The predicted molar refractivity (Wildman–Crippen MR) is 119 cm³/mol.